The van der Waals surface area contributed by atoms with Gasteiger partial charge in [0.05, 0.1) is 10.0 Å². The van der Waals surface area contributed by atoms with E-state index in [9.17, 15) is 14.7 Å². The summed E-state index contributed by atoms with van der Waals surface area (Å²) in [4.78, 5) is 27.7. The molecule has 0 saturated carbocycles. The van der Waals surface area contributed by atoms with Crippen molar-refractivity contribution in [3.05, 3.63) is 129 Å². The number of hydrogen-bond acceptors (Lipinski definition) is 2. The Morgan fingerprint density at radius 2 is 1.37 bits per heavy atom. The predicted octanol–water partition coefficient (Wildman–Crippen LogP) is 8.12. The van der Waals surface area contributed by atoms with E-state index >= 15 is 0 Å². The molecule has 0 aromatic heterocycles. The van der Waals surface area contributed by atoms with E-state index in [1.807, 2.05) is 78.9 Å². The second kappa shape index (κ2) is 12.3. The molecule has 4 aromatic carbocycles. The Kier molecular flexibility index (Phi) is 8.88. The molecule has 6 heteroatoms. The third-order valence-corrected chi connectivity index (χ3v) is 7.32. The van der Waals surface area contributed by atoms with E-state index in [0.29, 0.717) is 10.9 Å². The van der Waals surface area contributed by atoms with Crippen LogP contribution in [-0.2, 0) is 17.8 Å². The van der Waals surface area contributed by atoms with Crippen molar-refractivity contribution in [2.24, 2.45) is 0 Å². The number of amides is 1. The quantitative estimate of drug-likeness (QED) is 0.231. The van der Waals surface area contributed by atoms with Crippen LogP contribution >= 0.6 is 23.2 Å². The standard InChI is InChI=1S/C32H29Cl2NO3/c1-21(2)24-12-10-23(11-13-24)20-35(31(36)27-16-17-28(33)29(34)19-27)30(32(37)38)18-22-8-14-26(15-9-22)25-6-4-3-5-7-25/h3-17,19,21,30H,18,20H2,1-2H3,(H,37,38). The van der Waals surface area contributed by atoms with Gasteiger partial charge in [-0.05, 0) is 51.9 Å². The summed E-state index contributed by atoms with van der Waals surface area (Å²) in [6.45, 7) is 4.35. The molecule has 0 heterocycles. The summed E-state index contributed by atoms with van der Waals surface area (Å²) in [5.74, 6) is -1.14. The number of carboxylic acid groups (broad SMARTS) is 1. The van der Waals surface area contributed by atoms with Gasteiger partial charge in [-0.25, -0.2) is 4.79 Å². The van der Waals surface area contributed by atoms with Crippen LogP contribution in [0.5, 0.6) is 0 Å². The molecule has 4 nitrogen and oxygen atoms in total. The number of nitrogens with zero attached hydrogens (tertiary/aromatic N) is 1. The summed E-state index contributed by atoms with van der Waals surface area (Å²) < 4.78 is 0. The summed E-state index contributed by atoms with van der Waals surface area (Å²) in [5.41, 5.74) is 5.23. The van der Waals surface area contributed by atoms with Gasteiger partial charge >= 0.3 is 5.97 Å². The average molecular weight is 546 g/mol. The maximum Gasteiger partial charge on any atom is 0.326 e. The predicted molar refractivity (Wildman–Crippen MR) is 154 cm³/mol. The molecule has 0 fully saturated rings. The maximum absolute atomic E-state index is 13.7. The molecule has 0 saturated heterocycles. The highest BCUT2D eigenvalue weighted by molar-refractivity contribution is 6.42. The molecule has 0 spiro atoms. The minimum Gasteiger partial charge on any atom is -0.480 e. The Labute approximate surface area is 233 Å². The van der Waals surface area contributed by atoms with Gasteiger partial charge in [0, 0.05) is 18.5 Å². The molecule has 0 aliphatic rings. The molecule has 0 aliphatic heterocycles. The minimum absolute atomic E-state index is 0.135. The van der Waals surface area contributed by atoms with E-state index in [-0.39, 0.29) is 23.6 Å². The fraction of sp³-hybridized carbons (Fsp3) is 0.188. The number of aliphatic carboxylic acids is 1. The summed E-state index contributed by atoms with van der Waals surface area (Å²) in [7, 11) is 0. The van der Waals surface area contributed by atoms with Crippen LogP contribution in [0.4, 0.5) is 0 Å². The van der Waals surface area contributed by atoms with Crippen LogP contribution < -0.4 is 0 Å². The maximum atomic E-state index is 13.7. The number of carbonyl (C=O) groups is 2. The van der Waals surface area contributed by atoms with Gasteiger partial charge in [-0.15, -0.1) is 0 Å². The van der Waals surface area contributed by atoms with Crippen molar-refractivity contribution in [1.82, 2.24) is 4.90 Å². The first kappa shape index (κ1) is 27.4. The zero-order chi connectivity index (χ0) is 27.2. The average Bonchev–Trinajstić information content (AvgIpc) is 2.92. The molecule has 4 aromatic rings. The summed E-state index contributed by atoms with van der Waals surface area (Å²) >= 11 is 12.2. The third kappa shape index (κ3) is 6.63. The van der Waals surface area contributed by atoms with Crippen molar-refractivity contribution in [3.8, 4) is 11.1 Å². The van der Waals surface area contributed by atoms with Gasteiger partial charge in [0.15, 0.2) is 0 Å². The van der Waals surface area contributed by atoms with Gasteiger partial charge in [-0.3, -0.25) is 4.79 Å². The Bertz CT molecular complexity index is 1400. The van der Waals surface area contributed by atoms with Crippen molar-refractivity contribution in [1.29, 1.82) is 0 Å². The molecule has 1 atom stereocenters. The van der Waals surface area contributed by atoms with Crippen LogP contribution in [0.3, 0.4) is 0 Å². The molecule has 1 N–H and O–H groups in total. The molecule has 0 aliphatic carbocycles. The van der Waals surface area contributed by atoms with E-state index < -0.39 is 17.9 Å². The Balaban J connectivity index is 1.66. The smallest absolute Gasteiger partial charge is 0.326 e. The molecular formula is C32H29Cl2NO3. The van der Waals surface area contributed by atoms with Gasteiger partial charge in [0.1, 0.15) is 6.04 Å². The second-order valence-corrected chi connectivity index (χ2v) is 10.4. The SMILES string of the molecule is CC(C)c1ccc(CN(C(=O)c2ccc(Cl)c(Cl)c2)C(Cc2ccc(-c3ccccc3)cc2)C(=O)O)cc1. The fourth-order valence-electron chi connectivity index (χ4n) is 4.34. The lowest BCUT2D eigenvalue weighted by molar-refractivity contribution is -0.142. The van der Waals surface area contributed by atoms with Gasteiger partial charge < -0.3 is 10.0 Å². The molecule has 0 bridgehead atoms. The normalized spacial score (nSPS) is 11.8. The second-order valence-electron chi connectivity index (χ2n) is 9.58. The van der Waals surface area contributed by atoms with Gasteiger partial charge in [-0.1, -0.05) is 116 Å². The van der Waals surface area contributed by atoms with Crippen molar-refractivity contribution < 1.29 is 14.7 Å². The van der Waals surface area contributed by atoms with Gasteiger partial charge in [0.25, 0.3) is 5.91 Å². The zero-order valence-electron chi connectivity index (χ0n) is 21.3. The van der Waals surface area contributed by atoms with E-state index in [1.54, 1.807) is 12.1 Å². The van der Waals surface area contributed by atoms with E-state index in [4.69, 9.17) is 23.2 Å². The lowest BCUT2D eigenvalue weighted by atomic mass is 9.98. The van der Waals surface area contributed by atoms with E-state index in [2.05, 4.69) is 13.8 Å². The summed E-state index contributed by atoms with van der Waals surface area (Å²) in [5, 5.41) is 10.9. The monoisotopic (exact) mass is 545 g/mol. The van der Waals surface area contributed by atoms with Crippen molar-refractivity contribution in [2.75, 3.05) is 0 Å². The van der Waals surface area contributed by atoms with Crippen LogP contribution in [0.1, 0.15) is 46.8 Å². The Hall–Kier alpha value is -3.60. The van der Waals surface area contributed by atoms with Crippen molar-refractivity contribution in [2.45, 2.75) is 38.8 Å². The first-order chi connectivity index (χ1) is 18.2. The van der Waals surface area contributed by atoms with Crippen molar-refractivity contribution in [3.63, 3.8) is 0 Å². The molecule has 0 radical (unpaired) electrons. The number of hydrogen-bond donors (Lipinski definition) is 1. The summed E-state index contributed by atoms with van der Waals surface area (Å²) in [6, 6.07) is 29.2. The molecule has 4 rings (SSSR count). The number of rotatable bonds is 9. The zero-order valence-corrected chi connectivity index (χ0v) is 22.8. The van der Waals surface area contributed by atoms with Gasteiger partial charge in [0.2, 0.25) is 0 Å². The highest BCUT2D eigenvalue weighted by atomic mass is 35.5. The molecule has 38 heavy (non-hydrogen) atoms. The number of halogens is 2. The number of benzene rings is 4. The Morgan fingerprint density at radius 1 is 0.763 bits per heavy atom. The lowest BCUT2D eigenvalue weighted by Gasteiger charge is -2.30. The highest BCUT2D eigenvalue weighted by Gasteiger charge is 2.31. The molecule has 1 amide bonds. The first-order valence-corrected chi connectivity index (χ1v) is 13.2. The summed E-state index contributed by atoms with van der Waals surface area (Å²) in [6.07, 6.45) is 0.154. The van der Waals surface area contributed by atoms with Crippen LogP contribution in [-0.4, -0.2) is 27.9 Å². The number of carbonyl (C=O) groups excluding carboxylic acids is 1. The van der Waals surface area contributed by atoms with Crippen LogP contribution in [0.25, 0.3) is 11.1 Å². The minimum atomic E-state index is -1.09. The van der Waals surface area contributed by atoms with E-state index in [0.717, 1.165) is 22.3 Å². The van der Waals surface area contributed by atoms with Gasteiger partial charge in [-0.2, -0.15) is 0 Å². The van der Waals surface area contributed by atoms with Crippen LogP contribution in [0, 0.1) is 0 Å². The molecule has 194 valence electrons. The topological polar surface area (TPSA) is 57.6 Å². The number of carboxylic acids is 1. The third-order valence-electron chi connectivity index (χ3n) is 6.58. The highest BCUT2D eigenvalue weighted by Crippen LogP contribution is 2.26. The Morgan fingerprint density at radius 3 is 1.95 bits per heavy atom. The fourth-order valence-corrected chi connectivity index (χ4v) is 4.64. The largest absolute Gasteiger partial charge is 0.480 e. The van der Waals surface area contributed by atoms with Crippen LogP contribution in [0.15, 0.2) is 97.1 Å². The molecule has 1 unspecified atom stereocenters. The first-order valence-electron chi connectivity index (χ1n) is 12.4. The lowest BCUT2D eigenvalue weighted by Crippen LogP contribution is -2.46. The van der Waals surface area contributed by atoms with E-state index in [1.165, 1.54) is 16.5 Å². The van der Waals surface area contributed by atoms with Crippen molar-refractivity contribution >= 4 is 35.1 Å². The molecular weight excluding hydrogens is 517 g/mol. The van der Waals surface area contributed by atoms with Crippen LogP contribution in [0.2, 0.25) is 10.0 Å².